The third-order valence-electron chi connectivity index (χ3n) is 6.08. The minimum absolute atomic E-state index is 0.184. The van der Waals surface area contributed by atoms with E-state index in [-0.39, 0.29) is 18.4 Å². The molecule has 1 saturated heterocycles. The molecule has 9 heteroatoms. The second-order valence-electron chi connectivity index (χ2n) is 8.60. The summed E-state index contributed by atoms with van der Waals surface area (Å²) in [5, 5.41) is 5.75. The first-order chi connectivity index (χ1) is 18.1. The number of carbonyl (C=O) groups excluding carboxylic acids is 2. The summed E-state index contributed by atoms with van der Waals surface area (Å²) >= 11 is 0. The molecule has 1 fully saturated rings. The predicted molar refractivity (Wildman–Crippen MR) is 140 cm³/mol. The first kappa shape index (κ1) is 24.2. The number of carbonyl (C=O) groups is 2. The van der Waals surface area contributed by atoms with Crippen LogP contribution in [0.3, 0.4) is 0 Å². The van der Waals surface area contributed by atoms with Crippen molar-refractivity contribution in [3.05, 3.63) is 95.6 Å². The van der Waals surface area contributed by atoms with E-state index in [2.05, 4.69) is 25.5 Å². The molecule has 2 aromatic carbocycles. The normalized spacial score (nSPS) is 13.3. The molecular formula is C28H27N5O4. The second kappa shape index (κ2) is 11.0. The van der Waals surface area contributed by atoms with Gasteiger partial charge in [0.05, 0.1) is 19.8 Å². The average Bonchev–Trinajstić information content (AvgIpc) is 3.33. The Bertz CT molecular complexity index is 1380. The molecule has 5 rings (SSSR count). The van der Waals surface area contributed by atoms with Gasteiger partial charge in [-0.1, -0.05) is 12.1 Å². The van der Waals surface area contributed by atoms with Gasteiger partial charge < -0.3 is 24.7 Å². The van der Waals surface area contributed by atoms with Crippen molar-refractivity contribution < 1.29 is 18.7 Å². The lowest BCUT2D eigenvalue weighted by Crippen LogP contribution is -2.36. The Morgan fingerprint density at radius 3 is 2.54 bits per heavy atom. The van der Waals surface area contributed by atoms with E-state index in [9.17, 15) is 9.59 Å². The number of morpholine rings is 1. The van der Waals surface area contributed by atoms with Crippen LogP contribution >= 0.6 is 0 Å². The first-order valence-electron chi connectivity index (χ1n) is 12.1. The lowest BCUT2D eigenvalue weighted by atomic mass is 10.1. The third-order valence-corrected chi connectivity index (χ3v) is 6.08. The average molecular weight is 498 g/mol. The smallest absolute Gasteiger partial charge is 0.274 e. The Morgan fingerprint density at radius 2 is 1.78 bits per heavy atom. The molecule has 188 valence electrons. The highest BCUT2D eigenvalue weighted by Crippen LogP contribution is 2.25. The van der Waals surface area contributed by atoms with Gasteiger partial charge in [-0.25, -0.2) is 4.98 Å². The monoisotopic (exact) mass is 497 g/mol. The van der Waals surface area contributed by atoms with Gasteiger partial charge in [0.1, 0.15) is 17.1 Å². The molecule has 4 aromatic rings. The van der Waals surface area contributed by atoms with Crippen molar-refractivity contribution in [2.45, 2.75) is 13.5 Å². The Balaban J connectivity index is 1.21. The zero-order valence-corrected chi connectivity index (χ0v) is 20.4. The highest BCUT2D eigenvalue weighted by Gasteiger charge is 2.16. The number of oxazole rings is 1. The van der Waals surface area contributed by atoms with Crippen molar-refractivity contribution >= 4 is 23.2 Å². The number of hydrogen-bond donors (Lipinski definition) is 2. The number of benzene rings is 2. The second-order valence-corrected chi connectivity index (χ2v) is 8.60. The van der Waals surface area contributed by atoms with E-state index in [0.717, 1.165) is 18.8 Å². The molecule has 2 N–H and O–H groups in total. The topological polar surface area (TPSA) is 110 Å². The van der Waals surface area contributed by atoms with Crippen molar-refractivity contribution in [1.29, 1.82) is 0 Å². The van der Waals surface area contributed by atoms with Crippen molar-refractivity contribution in [2.24, 2.45) is 0 Å². The molecule has 0 bridgehead atoms. The molecule has 1 aliphatic heterocycles. The van der Waals surface area contributed by atoms with Crippen LogP contribution in [0.5, 0.6) is 0 Å². The van der Waals surface area contributed by atoms with E-state index in [1.54, 1.807) is 36.5 Å². The maximum Gasteiger partial charge on any atom is 0.274 e. The summed E-state index contributed by atoms with van der Waals surface area (Å²) < 4.78 is 11.3. The van der Waals surface area contributed by atoms with E-state index < -0.39 is 0 Å². The van der Waals surface area contributed by atoms with Crippen LogP contribution in [0.1, 0.15) is 32.3 Å². The molecule has 2 amide bonds. The van der Waals surface area contributed by atoms with Crippen molar-refractivity contribution in [2.75, 3.05) is 36.5 Å². The molecular weight excluding hydrogens is 470 g/mol. The third kappa shape index (κ3) is 5.84. The van der Waals surface area contributed by atoms with Crippen LogP contribution < -0.4 is 15.5 Å². The van der Waals surface area contributed by atoms with Gasteiger partial charge in [-0.3, -0.25) is 14.6 Å². The van der Waals surface area contributed by atoms with Crippen LogP contribution in [0.2, 0.25) is 0 Å². The number of ether oxygens (including phenoxy) is 1. The van der Waals surface area contributed by atoms with Crippen LogP contribution in [0.15, 0.2) is 77.3 Å². The number of rotatable bonds is 7. The maximum atomic E-state index is 12.7. The summed E-state index contributed by atoms with van der Waals surface area (Å²) in [6.45, 7) is 5.16. The Hall–Kier alpha value is -4.50. The van der Waals surface area contributed by atoms with Crippen molar-refractivity contribution in [1.82, 2.24) is 15.3 Å². The zero-order chi connectivity index (χ0) is 25.6. The van der Waals surface area contributed by atoms with E-state index in [1.807, 2.05) is 43.3 Å². The van der Waals surface area contributed by atoms with Gasteiger partial charge in [0, 0.05) is 41.8 Å². The van der Waals surface area contributed by atoms with Crippen LogP contribution in [0, 0.1) is 6.92 Å². The fraction of sp³-hybridized carbons (Fsp3) is 0.214. The molecule has 3 heterocycles. The van der Waals surface area contributed by atoms with Gasteiger partial charge in [-0.15, -0.1) is 0 Å². The number of pyridine rings is 1. The Kier molecular flexibility index (Phi) is 7.23. The quantitative estimate of drug-likeness (QED) is 0.396. The molecule has 0 unspecified atom stereocenters. The number of nitrogens with one attached hydrogen (secondary N) is 2. The summed E-state index contributed by atoms with van der Waals surface area (Å²) in [4.78, 5) is 36.0. The molecule has 0 radical (unpaired) electrons. The fourth-order valence-electron chi connectivity index (χ4n) is 4.05. The maximum absolute atomic E-state index is 12.7. The van der Waals surface area contributed by atoms with Crippen LogP contribution in [0.4, 0.5) is 11.4 Å². The minimum atomic E-state index is -0.303. The summed E-state index contributed by atoms with van der Waals surface area (Å²) in [5.41, 5.74) is 3.92. The Labute approximate surface area is 214 Å². The zero-order valence-electron chi connectivity index (χ0n) is 20.4. The van der Waals surface area contributed by atoms with Gasteiger partial charge in [-0.05, 0) is 61.5 Å². The van der Waals surface area contributed by atoms with Gasteiger partial charge in [0.2, 0.25) is 5.89 Å². The number of amides is 2. The van der Waals surface area contributed by atoms with E-state index >= 15 is 0 Å². The van der Waals surface area contributed by atoms with Gasteiger partial charge in [-0.2, -0.15) is 0 Å². The molecule has 2 aromatic heterocycles. The van der Waals surface area contributed by atoms with Crippen LogP contribution in [-0.4, -0.2) is 48.1 Å². The molecule has 37 heavy (non-hydrogen) atoms. The number of nitrogens with zero attached hydrogens (tertiary/aromatic N) is 3. The molecule has 0 spiro atoms. The number of anilines is 2. The van der Waals surface area contributed by atoms with Gasteiger partial charge >= 0.3 is 0 Å². The van der Waals surface area contributed by atoms with Crippen molar-refractivity contribution in [3.8, 4) is 11.5 Å². The summed E-state index contributed by atoms with van der Waals surface area (Å²) in [5.74, 6) is 0.533. The predicted octanol–water partition coefficient (Wildman–Crippen LogP) is 4.06. The van der Waals surface area contributed by atoms with E-state index in [1.165, 1.54) is 0 Å². The molecule has 9 nitrogen and oxygen atoms in total. The van der Waals surface area contributed by atoms with Gasteiger partial charge in [0.25, 0.3) is 11.8 Å². The van der Waals surface area contributed by atoms with Crippen LogP contribution in [0.25, 0.3) is 11.5 Å². The van der Waals surface area contributed by atoms with E-state index in [4.69, 9.17) is 9.15 Å². The van der Waals surface area contributed by atoms with Crippen LogP contribution in [-0.2, 0) is 11.3 Å². The van der Waals surface area contributed by atoms with Gasteiger partial charge in [0.15, 0.2) is 0 Å². The SMILES string of the molecule is Cc1oc(-c2cccc(NC(=O)c3ccccn3)c2)nc1CNC(=O)c1ccc(N2CCOCC2)cc1. The lowest BCUT2D eigenvalue weighted by molar-refractivity contribution is 0.0949. The van der Waals surface area contributed by atoms with Crippen molar-refractivity contribution in [3.63, 3.8) is 0 Å². The molecule has 0 saturated carbocycles. The largest absolute Gasteiger partial charge is 0.441 e. The number of aromatic nitrogens is 2. The fourth-order valence-corrected chi connectivity index (χ4v) is 4.05. The number of hydrogen-bond acceptors (Lipinski definition) is 7. The molecule has 1 aliphatic rings. The summed E-state index contributed by atoms with van der Waals surface area (Å²) in [6.07, 6.45) is 1.57. The molecule has 0 aliphatic carbocycles. The summed E-state index contributed by atoms with van der Waals surface area (Å²) in [7, 11) is 0. The molecule has 0 atom stereocenters. The number of aryl methyl sites for hydroxylation is 1. The minimum Gasteiger partial charge on any atom is -0.441 e. The van der Waals surface area contributed by atoms with E-state index in [0.29, 0.717) is 53.1 Å². The lowest BCUT2D eigenvalue weighted by Gasteiger charge is -2.28. The first-order valence-corrected chi connectivity index (χ1v) is 12.1. The highest BCUT2D eigenvalue weighted by molar-refractivity contribution is 6.03. The summed E-state index contributed by atoms with van der Waals surface area (Å²) in [6, 6.07) is 20.0. The standard InChI is InChI=1S/C28H27N5O4/c1-19-25(18-30-26(34)20-8-10-23(11-9-20)33-13-15-36-16-14-33)32-28(37-19)21-5-4-6-22(17-21)31-27(35)24-7-2-3-12-29-24/h2-12,17H,13-16,18H2,1H3,(H,30,34)(H,31,35). The Morgan fingerprint density at radius 1 is 0.973 bits per heavy atom. The highest BCUT2D eigenvalue weighted by atomic mass is 16.5.